The number of pyridine rings is 2. The summed E-state index contributed by atoms with van der Waals surface area (Å²) < 4.78 is 60.3. The fourth-order valence-corrected chi connectivity index (χ4v) is 8.99. The number of aliphatic imine (C=N–C) groups is 2. The minimum Gasteiger partial charge on any atom is -0.444 e. The topological polar surface area (TPSA) is 220 Å². The number of halogens is 4. The number of hydrogen-bond donors (Lipinski definition) is 4. The fourth-order valence-electron chi connectivity index (χ4n) is 8.99. The van der Waals surface area contributed by atoms with Crippen molar-refractivity contribution >= 4 is 58.3 Å². The molecule has 2 saturated heterocycles. The van der Waals surface area contributed by atoms with E-state index in [-0.39, 0.29) is 36.6 Å². The van der Waals surface area contributed by atoms with Gasteiger partial charge in [-0.25, -0.2) is 22.4 Å². The van der Waals surface area contributed by atoms with Crippen molar-refractivity contribution in [1.82, 2.24) is 29.5 Å². The second-order valence-electron chi connectivity index (χ2n) is 19.9. The zero-order chi connectivity index (χ0) is 56.6. The average Bonchev–Trinajstić information content (AvgIpc) is 3.83. The maximum Gasteiger partial charge on any atom is 0.410 e. The summed E-state index contributed by atoms with van der Waals surface area (Å²) in [6, 6.07) is 26.2. The lowest BCUT2D eigenvalue weighted by molar-refractivity contribution is 0.0201. The predicted molar refractivity (Wildman–Crippen MR) is 304 cm³/mol. The molecule has 4 aromatic carbocycles. The summed E-state index contributed by atoms with van der Waals surface area (Å²) in [6.45, 7) is 8.43. The van der Waals surface area contributed by atoms with Gasteiger partial charge in [-0.1, -0.05) is 24.3 Å². The minimum absolute atomic E-state index is 0.00530. The Morgan fingerprint density at radius 2 is 1.30 bits per heavy atom. The molecule has 9 rings (SSSR count). The third kappa shape index (κ3) is 15.4. The first-order valence-electron chi connectivity index (χ1n) is 25.7. The molecular weight excluding hydrogens is 1010 g/mol. The summed E-state index contributed by atoms with van der Waals surface area (Å²) in [5.41, 5.74) is 25.4. The number of aryl methyl sites for hydroxylation is 1. The number of anilines is 1. The number of carbonyl (C=O) groups excluding carboxylic acids is 2. The van der Waals surface area contributed by atoms with Crippen LogP contribution in [0.1, 0.15) is 84.6 Å². The lowest BCUT2D eigenvalue weighted by Gasteiger charge is -2.32. The zero-order valence-electron chi connectivity index (χ0n) is 44.5. The number of carbonyl (C=O) groups is 2. The molecule has 3 aromatic heterocycles. The van der Waals surface area contributed by atoms with Crippen LogP contribution in [0.4, 0.5) is 28.0 Å². The van der Waals surface area contributed by atoms with E-state index in [0.29, 0.717) is 47.7 Å². The Balaban J connectivity index is 0.000000195. The molecule has 2 fully saturated rings. The van der Waals surface area contributed by atoms with Crippen LogP contribution < -0.4 is 17.2 Å². The molecule has 2 aliphatic rings. The van der Waals surface area contributed by atoms with Gasteiger partial charge < -0.3 is 26.8 Å². The number of piperidine rings is 2. The quantitative estimate of drug-likeness (QED) is 0.0392. The highest BCUT2D eigenvalue weighted by Gasteiger charge is 2.28. The zero-order valence-corrected chi connectivity index (χ0v) is 44.5. The summed E-state index contributed by atoms with van der Waals surface area (Å²) in [7, 11) is 1.94. The van der Waals surface area contributed by atoms with Gasteiger partial charge >= 0.3 is 6.09 Å². The van der Waals surface area contributed by atoms with Crippen molar-refractivity contribution in [2.75, 3.05) is 31.9 Å². The van der Waals surface area contributed by atoms with Crippen molar-refractivity contribution in [3.8, 4) is 11.3 Å². The molecule has 2 unspecified atom stereocenters. The lowest BCUT2D eigenvalue weighted by Crippen LogP contribution is -2.44. The van der Waals surface area contributed by atoms with E-state index >= 15 is 0 Å². The average molecular weight is 1080 g/mol. The molecule has 0 bridgehead atoms. The number of allylic oxidation sites excluding steroid dienone is 2. The van der Waals surface area contributed by atoms with E-state index < -0.39 is 34.4 Å². The first kappa shape index (κ1) is 57.9. The van der Waals surface area contributed by atoms with Crippen molar-refractivity contribution < 1.29 is 31.9 Å². The highest BCUT2D eigenvalue weighted by atomic mass is 19.1. The van der Waals surface area contributed by atoms with Gasteiger partial charge in [-0.2, -0.15) is 5.10 Å². The number of amides is 1. The number of hydrogen-bond acceptors (Lipinski definition) is 13. The molecule has 410 valence electrons. The van der Waals surface area contributed by atoms with Crippen LogP contribution in [0.5, 0.6) is 0 Å². The second-order valence-corrected chi connectivity index (χ2v) is 19.9. The number of nitrogens with zero attached hydrogens (tertiary/aromatic N) is 8. The SMILES string of the molecule is Cn1nc(-c2ccncc2)c2cc(C(C=NC3CCCN(C(=O)OC(C)(C)C)C3)=CN)ccc21.N=C(c1ccncc1)c1cc(C(C=NC2CCCN(Cc3c(F)cccc3F)C2)=CN)ccc1N.O=Cc1c(F)cccc1F. The van der Waals surface area contributed by atoms with E-state index in [9.17, 15) is 27.2 Å². The standard InChI is InChI=1S/C27H28F2N6.C26H32N6O2.C7H4F2O/c28-24-4-1-5-25(29)23(24)17-35-12-2-3-21(16-35)34-15-20(14-30)19-6-7-26(31)22(13-19)27(32)18-8-10-33-11-9-18;1-26(2,3)34-25(33)32-13-5-6-21(17-32)29-16-20(15-27)19-7-8-23-22(14-19)24(30-31(23)4)18-9-11-28-12-10-18;8-6-2-1-3-7(9)5(6)4-10/h1,4-11,13-15,21,32H,2-3,12,16-17,30-31H2;7-12,14-16,21H,5-6,13,17,27H2,1-4H3;1-4H. The van der Waals surface area contributed by atoms with E-state index in [2.05, 4.69) is 16.0 Å². The smallest absolute Gasteiger partial charge is 0.410 e. The summed E-state index contributed by atoms with van der Waals surface area (Å²) in [4.78, 5) is 43.8. The number of aldehydes is 1. The van der Waals surface area contributed by atoms with Crippen LogP contribution in [0.15, 0.2) is 144 Å². The summed E-state index contributed by atoms with van der Waals surface area (Å²) >= 11 is 0. The molecular formula is C60H64F4N12O3. The Kier molecular flexibility index (Phi) is 19.7. The van der Waals surface area contributed by atoms with E-state index in [0.717, 1.165) is 83.2 Å². The molecule has 0 radical (unpaired) electrons. The first-order valence-corrected chi connectivity index (χ1v) is 25.7. The number of nitrogens with two attached hydrogens (primary N) is 3. The molecule has 0 saturated carbocycles. The molecule has 1 amide bonds. The Morgan fingerprint density at radius 3 is 1.89 bits per heavy atom. The molecule has 0 aliphatic carbocycles. The Labute approximate surface area is 456 Å². The largest absolute Gasteiger partial charge is 0.444 e. The summed E-state index contributed by atoms with van der Waals surface area (Å²) in [5, 5.41) is 14.3. The fraction of sp³-hybridized carbons (Fsp3) is 0.267. The van der Waals surface area contributed by atoms with E-state index in [1.807, 2.05) is 80.0 Å². The molecule has 0 spiro atoms. The number of rotatable bonds is 12. The maximum atomic E-state index is 14.1. The number of fused-ring (bicyclic) bond motifs is 1. The van der Waals surface area contributed by atoms with Crippen molar-refractivity contribution in [3.63, 3.8) is 0 Å². The van der Waals surface area contributed by atoms with Crippen molar-refractivity contribution in [2.24, 2.45) is 28.5 Å². The number of benzene rings is 4. The van der Waals surface area contributed by atoms with E-state index in [1.54, 1.807) is 60.3 Å². The highest BCUT2D eigenvalue weighted by molar-refractivity contribution is 6.16. The van der Waals surface area contributed by atoms with Gasteiger partial charge in [-0.3, -0.25) is 39.7 Å². The van der Waals surface area contributed by atoms with Gasteiger partial charge in [0.25, 0.3) is 0 Å². The maximum absolute atomic E-state index is 14.1. The lowest BCUT2D eigenvalue weighted by atomic mass is 9.97. The molecule has 7 aromatic rings. The van der Waals surface area contributed by atoms with Crippen LogP contribution in [-0.4, -0.2) is 104 Å². The molecule has 15 nitrogen and oxygen atoms in total. The summed E-state index contributed by atoms with van der Waals surface area (Å²) in [5.74, 6) is -2.70. The van der Waals surface area contributed by atoms with Gasteiger partial charge in [-0.15, -0.1) is 0 Å². The molecule has 79 heavy (non-hydrogen) atoms. The van der Waals surface area contributed by atoms with Crippen LogP contribution in [0.3, 0.4) is 0 Å². The number of ether oxygens (including phenoxy) is 1. The first-order chi connectivity index (χ1) is 38.0. The second kappa shape index (κ2) is 27.0. The molecule has 2 aliphatic heterocycles. The van der Waals surface area contributed by atoms with Gasteiger partial charge in [0, 0.05) is 127 Å². The van der Waals surface area contributed by atoms with Gasteiger partial charge in [0.1, 0.15) is 34.6 Å². The third-order valence-corrected chi connectivity index (χ3v) is 13.1. The summed E-state index contributed by atoms with van der Waals surface area (Å²) in [6.07, 6.45) is 16.8. The van der Waals surface area contributed by atoms with Crippen molar-refractivity contribution in [1.29, 1.82) is 5.41 Å². The van der Waals surface area contributed by atoms with Gasteiger partial charge in [0.15, 0.2) is 6.29 Å². The molecule has 7 N–H and O–H groups in total. The number of nitrogen functional groups attached to an aromatic ring is 1. The van der Waals surface area contributed by atoms with Crippen LogP contribution in [0.25, 0.3) is 33.3 Å². The van der Waals surface area contributed by atoms with Crippen LogP contribution >= 0.6 is 0 Å². The van der Waals surface area contributed by atoms with Crippen LogP contribution in [0.2, 0.25) is 0 Å². The van der Waals surface area contributed by atoms with Gasteiger partial charge in [0.05, 0.1) is 28.9 Å². The van der Waals surface area contributed by atoms with Crippen molar-refractivity contribution in [3.05, 3.63) is 191 Å². The van der Waals surface area contributed by atoms with E-state index in [1.165, 1.54) is 30.5 Å². The highest BCUT2D eigenvalue weighted by Crippen LogP contribution is 2.30. The normalized spacial score (nSPS) is 16.3. The Morgan fingerprint density at radius 1 is 0.747 bits per heavy atom. The number of aromatic nitrogens is 4. The van der Waals surface area contributed by atoms with Gasteiger partial charge in [-0.05, 0) is 137 Å². The molecule has 2 atom stereocenters. The number of nitrogens with one attached hydrogen (secondary N) is 1. The molecule has 5 heterocycles. The molecule has 19 heteroatoms. The Hall–Kier alpha value is -8.84. The Bertz CT molecular complexity index is 3340. The number of likely N-dealkylation sites (tertiary alicyclic amines) is 2. The van der Waals surface area contributed by atoms with Crippen molar-refractivity contribution in [2.45, 2.75) is 70.7 Å². The third-order valence-electron chi connectivity index (χ3n) is 13.1. The monoisotopic (exact) mass is 1080 g/mol. The minimum atomic E-state index is -0.824. The van der Waals surface area contributed by atoms with Gasteiger partial charge in [0.2, 0.25) is 0 Å². The van der Waals surface area contributed by atoms with E-state index in [4.69, 9.17) is 42.4 Å². The van der Waals surface area contributed by atoms with Crippen LogP contribution in [0, 0.1) is 28.7 Å². The predicted octanol–water partition coefficient (Wildman–Crippen LogP) is 10.6. The van der Waals surface area contributed by atoms with Crippen LogP contribution in [-0.2, 0) is 18.3 Å².